The Labute approximate surface area is 111 Å². The predicted octanol–water partition coefficient (Wildman–Crippen LogP) is 1.45. The zero-order chi connectivity index (χ0) is 13.7. The fraction of sp³-hybridized carbons (Fsp3) is 0.357. The molecule has 0 saturated heterocycles. The van der Waals surface area contributed by atoms with Crippen molar-refractivity contribution in [1.82, 2.24) is 5.32 Å². The van der Waals surface area contributed by atoms with Gasteiger partial charge < -0.3 is 20.2 Å². The lowest BCUT2D eigenvalue weighted by atomic mass is 10.1. The Balaban J connectivity index is 2.09. The SMILES string of the molecule is COc1ccc2occ(CC(=O)NCCCN)c2c1. The van der Waals surface area contributed by atoms with Gasteiger partial charge in [0, 0.05) is 17.5 Å². The van der Waals surface area contributed by atoms with Gasteiger partial charge in [0.25, 0.3) is 0 Å². The van der Waals surface area contributed by atoms with Crippen molar-refractivity contribution in [2.75, 3.05) is 20.2 Å². The van der Waals surface area contributed by atoms with Crippen molar-refractivity contribution in [3.8, 4) is 5.75 Å². The number of furan rings is 1. The van der Waals surface area contributed by atoms with Crippen LogP contribution in [0.25, 0.3) is 11.0 Å². The quantitative estimate of drug-likeness (QED) is 0.772. The minimum atomic E-state index is -0.0287. The molecule has 3 N–H and O–H groups in total. The van der Waals surface area contributed by atoms with E-state index in [4.69, 9.17) is 14.9 Å². The Morgan fingerprint density at radius 1 is 1.47 bits per heavy atom. The van der Waals surface area contributed by atoms with Crippen LogP contribution in [0.15, 0.2) is 28.9 Å². The number of carbonyl (C=O) groups is 1. The number of amides is 1. The number of ether oxygens (including phenoxy) is 1. The van der Waals surface area contributed by atoms with E-state index in [0.717, 1.165) is 28.7 Å². The molecule has 0 aliphatic rings. The molecule has 0 bridgehead atoms. The molecule has 1 aromatic heterocycles. The third-order valence-electron chi connectivity index (χ3n) is 2.91. The summed E-state index contributed by atoms with van der Waals surface area (Å²) in [7, 11) is 1.61. The van der Waals surface area contributed by atoms with Crippen LogP contribution in [0, 0.1) is 0 Å². The van der Waals surface area contributed by atoms with Gasteiger partial charge in [-0.2, -0.15) is 0 Å². The Hall–Kier alpha value is -2.01. The Morgan fingerprint density at radius 3 is 3.05 bits per heavy atom. The van der Waals surface area contributed by atoms with E-state index in [0.29, 0.717) is 19.5 Å². The summed E-state index contributed by atoms with van der Waals surface area (Å²) in [4.78, 5) is 11.8. The number of methoxy groups -OCH3 is 1. The van der Waals surface area contributed by atoms with E-state index in [-0.39, 0.29) is 5.91 Å². The molecule has 5 nitrogen and oxygen atoms in total. The van der Waals surface area contributed by atoms with Gasteiger partial charge in [-0.1, -0.05) is 0 Å². The largest absolute Gasteiger partial charge is 0.497 e. The normalized spacial score (nSPS) is 10.6. The van der Waals surface area contributed by atoms with E-state index >= 15 is 0 Å². The first kappa shape index (κ1) is 13.4. The maximum absolute atomic E-state index is 11.8. The molecule has 0 saturated carbocycles. The van der Waals surface area contributed by atoms with Gasteiger partial charge in [-0.3, -0.25) is 4.79 Å². The maximum atomic E-state index is 11.8. The lowest BCUT2D eigenvalue weighted by Crippen LogP contribution is -2.27. The monoisotopic (exact) mass is 262 g/mol. The summed E-state index contributed by atoms with van der Waals surface area (Å²) in [6.07, 6.45) is 2.70. The molecule has 0 fully saturated rings. The topological polar surface area (TPSA) is 77.5 Å². The fourth-order valence-corrected chi connectivity index (χ4v) is 1.89. The summed E-state index contributed by atoms with van der Waals surface area (Å²) in [5.74, 6) is 0.720. The Morgan fingerprint density at radius 2 is 2.32 bits per heavy atom. The van der Waals surface area contributed by atoms with Crippen LogP contribution in [0.5, 0.6) is 5.75 Å². The number of carbonyl (C=O) groups excluding carboxylic acids is 1. The summed E-state index contributed by atoms with van der Waals surface area (Å²) in [6, 6.07) is 5.54. The molecule has 0 spiro atoms. The second-order valence-electron chi connectivity index (χ2n) is 4.29. The predicted molar refractivity (Wildman–Crippen MR) is 73.2 cm³/mol. The van der Waals surface area contributed by atoms with Gasteiger partial charge in [-0.15, -0.1) is 0 Å². The number of rotatable bonds is 6. The van der Waals surface area contributed by atoms with Crippen LogP contribution in [-0.2, 0) is 11.2 Å². The molecular formula is C14H18N2O3. The molecule has 0 aliphatic heterocycles. The first-order chi connectivity index (χ1) is 9.24. The van der Waals surface area contributed by atoms with E-state index in [1.54, 1.807) is 13.4 Å². The standard InChI is InChI=1S/C14H18N2O3/c1-18-11-3-4-13-12(8-11)10(9-19-13)7-14(17)16-6-2-5-15/h3-4,8-9H,2,5-7,15H2,1H3,(H,16,17). The summed E-state index contributed by atoms with van der Waals surface area (Å²) >= 11 is 0. The van der Waals surface area contributed by atoms with Gasteiger partial charge in [-0.05, 0) is 31.2 Å². The molecule has 0 unspecified atom stereocenters. The molecule has 0 atom stereocenters. The van der Waals surface area contributed by atoms with Crippen molar-refractivity contribution in [3.05, 3.63) is 30.0 Å². The molecule has 1 amide bonds. The minimum absolute atomic E-state index is 0.0287. The number of hydrogen-bond donors (Lipinski definition) is 2. The zero-order valence-electron chi connectivity index (χ0n) is 10.9. The third-order valence-corrected chi connectivity index (χ3v) is 2.91. The molecule has 102 valence electrons. The summed E-state index contributed by atoms with van der Waals surface area (Å²) in [5, 5.41) is 3.73. The molecule has 0 aliphatic carbocycles. The third kappa shape index (κ3) is 3.26. The second kappa shape index (κ2) is 6.24. The average molecular weight is 262 g/mol. The Bertz CT molecular complexity index is 563. The highest BCUT2D eigenvalue weighted by Gasteiger charge is 2.10. The molecule has 19 heavy (non-hydrogen) atoms. The van der Waals surface area contributed by atoms with Crippen molar-refractivity contribution in [2.45, 2.75) is 12.8 Å². The number of nitrogens with one attached hydrogen (secondary N) is 1. The number of hydrogen-bond acceptors (Lipinski definition) is 4. The second-order valence-corrected chi connectivity index (χ2v) is 4.29. The van der Waals surface area contributed by atoms with Crippen LogP contribution in [0.1, 0.15) is 12.0 Å². The minimum Gasteiger partial charge on any atom is -0.497 e. The van der Waals surface area contributed by atoms with E-state index in [1.165, 1.54) is 0 Å². The highest BCUT2D eigenvalue weighted by Crippen LogP contribution is 2.26. The van der Waals surface area contributed by atoms with E-state index in [2.05, 4.69) is 5.32 Å². The van der Waals surface area contributed by atoms with Gasteiger partial charge in [-0.25, -0.2) is 0 Å². The first-order valence-corrected chi connectivity index (χ1v) is 6.25. The zero-order valence-corrected chi connectivity index (χ0v) is 10.9. The summed E-state index contributed by atoms with van der Waals surface area (Å²) in [6.45, 7) is 1.18. The Kier molecular flexibility index (Phi) is 4.41. The molecule has 0 radical (unpaired) electrons. The van der Waals surface area contributed by atoms with Crippen molar-refractivity contribution in [1.29, 1.82) is 0 Å². The summed E-state index contributed by atoms with van der Waals surface area (Å²) in [5.41, 5.74) is 6.99. The van der Waals surface area contributed by atoms with E-state index < -0.39 is 0 Å². The van der Waals surface area contributed by atoms with Crippen LogP contribution in [-0.4, -0.2) is 26.1 Å². The van der Waals surface area contributed by atoms with Crippen LogP contribution in [0.4, 0.5) is 0 Å². The lowest BCUT2D eigenvalue weighted by Gasteiger charge is -2.03. The van der Waals surface area contributed by atoms with Crippen LogP contribution in [0.2, 0.25) is 0 Å². The van der Waals surface area contributed by atoms with E-state index in [1.807, 2.05) is 18.2 Å². The first-order valence-electron chi connectivity index (χ1n) is 6.25. The van der Waals surface area contributed by atoms with Gasteiger partial charge in [0.05, 0.1) is 19.8 Å². The highest BCUT2D eigenvalue weighted by molar-refractivity contribution is 5.88. The lowest BCUT2D eigenvalue weighted by molar-refractivity contribution is -0.120. The van der Waals surface area contributed by atoms with Gasteiger partial charge in [0.1, 0.15) is 11.3 Å². The number of benzene rings is 1. The average Bonchev–Trinajstić information content (AvgIpc) is 2.81. The maximum Gasteiger partial charge on any atom is 0.224 e. The van der Waals surface area contributed by atoms with E-state index in [9.17, 15) is 4.79 Å². The smallest absolute Gasteiger partial charge is 0.224 e. The van der Waals surface area contributed by atoms with Crippen LogP contribution < -0.4 is 15.8 Å². The van der Waals surface area contributed by atoms with Gasteiger partial charge >= 0.3 is 0 Å². The highest BCUT2D eigenvalue weighted by atomic mass is 16.5. The van der Waals surface area contributed by atoms with Crippen molar-refractivity contribution in [3.63, 3.8) is 0 Å². The number of nitrogens with two attached hydrogens (primary N) is 1. The van der Waals surface area contributed by atoms with Crippen LogP contribution in [0.3, 0.4) is 0 Å². The van der Waals surface area contributed by atoms with Crippen molar-refractivity contribution >= 4 is 16.9 Å². The molecule has 1 aromatic carbocycles. The fourth-order valence-electron chi connectivity index (χ4n) is 1.89. The molecule has 2 rings (SSSR count). The van der Waals surface area contributed by atoms with Crippen molar-refractivity contribution in [2.24, 2.45) is 5.73 Å². The molecule has 2 aromatic rings. The summed E-state index contributed by atoms with van der Waals surface area (Å²) < 4.78 is 10.6. The molecule has 5 heteroatoms. The van der Waals surface area contributed by atoms with Crippen molar-refractivity contribution < 1.29 is 13.9 Å². The van der Waals surface area contributed by atoms with Crippen LogP contribution >= 0.6 is 0 Å². The molecular weight excluding hydrogens is 244 g/mol. The van der Waals surface area contributed by atoms with Gasteiger partial charge in [0.2, 0.25) is 5.91 Å². The molecule has 1 heterocycles. The number of fused-ring (bicyclic) bond motifs is 1. The van der Waals surface area contributed by atoms with Gasteiger partial charge in [0.15, 0.2) is 0 Å².